The zero-order valence-corrected chi connectivity index (χ0v) is 9.35. The van der Waals surface area contributed by atoms with Crippen molar-refractivity contribution < 1.29 is 32.9 Å². The summed E-state index contributed by atoms with van der Waals surface area (Å²) in [5, 5.41) is 9.70. The van der Waals surface area contributed by atoms with Crippen molar-refractivity contribution in [3.8, 4) is 11.5 Å². The molecule has 1 unspecified atom stereocenters. The van der Waals surface area contributed by atoms with Crippen LogP contribution >= 0.6 is 0 Å². The van der Waals surface area contributed by atoms with Crippen LogP contribution in [0.4, 0.5) is 8.78 Å². The summed E-state index contributed by atoms with van der Waals surface area (Å²) in [6, 6.07) is 3.89. The summed E-state index contributed by atoms with van der Waals surface area (Å²) in [5.74, 6) is -1.53. The number of rotatable bonds is 3. The highest BCUT2D eigenvalue weighted by Crippen LogP contribution is 2.45. The molecule has 0 aromatic heterocycles. The summed E-state index contributed by atoms with van der Waals surface area (Å²) in [5.41, 5.74) is -0.122. The van der Waals surface area contributed by atoms with Gasteiger partial charge in [0.2, 0.25) is 0 Å². The van der Waals surface area contributed by atoms with Gasteiger partial charge in [-0.2, -0.15) is 0 Å². The number of esters is 1. The van der Waals surface area contributed by atoms with Gasteiger partial charge in [0.1, 0.15) is 0 Å². The Bertz CT molecular complexity index is 475. The molecule has 5 nitrogen and oxygen atoms in total. The van der Waals surface area contributed by atoms with Crippen molar-refractivity contribution in [2.24, 2.45) is 0 Å². The molecule has 0 aliphatic carbocycles. The molecule has 0 amide bonds. The number of fused-ring (bicyclic) bond motifs is 1. The lowest BCUT2D eigenvalue weighted by molar-refractivity contribution is -0.287. The first-order valence-electron chi connectivity index (χ1n) is 5.18. The van der Waals surface area contributed by atoms with Gasteiger partial charge in [0.15, 0.2) is 17.6 Å². The SMILES string of the molecule is CCOC(=O)C(O)c1cccc2c1OC(F)(F)O2. The van der Waals surface area contributed by atoms with E-state index in [1.54, 1.807) is 6.92 Å². The Morgan fingerprint density at radius 2 is 2.22 bits per heavy atom. The molecule has 1 aromatic rings. The standard InChI is InChI=1S/C11H10F2O5/c1-2-16-10(15)8(14)6-4-3-5-7-9(6)18-11(12,13)17-7/h3-5,8,14H,2H2,1H3. The maximum Gasteiger partial charge on any atom is 0.586 e. The van der Waals surface area contributed by atoms with Gasteiger partial charge < -0.3 is 19.3 Å². The van der Waals surface area contributed by atoms with E-state index in [1.165, 1.54) is 18.2 Å². The molecule has 0 fully saturated rings. The zero-order chi connectivity index (χ0) is 13.3. The molecule has 0 saturated carbocycles. The normalized spacial score (nSPS) is 17.3. The van der Waals surface area contributed by atoms with Gasteiger partial charge in [-0.15, -0.1) is 8.78 Å². The summed E-state index contributed by atoms with van der Waals surface area (Å²) in [6.45, 7) is 1.63. The molecule has 0 bridgehead atoms. The lowest BCUT2D eigenvalue weighted by Crippen LogP contribution is -2.26. The Labute approximate surface area is 101 Å². The van der Waals surface area contributed by atoms with Crippen molar-refractivity contribution in [2.75, 3.05) is 6.61 Å². The van der Waals surface area contributed by atoms with Crippen LogP contribution in [0.5, 0.6) is 11.5 Å². The fourth-order valence-electron chi connectivity index (χ4n) is 1.55. The van der Waals surface area contributed by atoms with Gasteiger partial charge in [0.25, 0.3) is 0 Å². The Morgan fingerprint density at radius 1 is 1.50 bits per heavy atom. The average Bonchev–Trinajstić information content (AvgIpc) is 2.61. The minimum atomic E-state index is -3.80. The summed E-state index contributed by atoms with van der Waals surface area (Å²) in [4.78, 5) is 11.3. The molecular formula is C11H10F2O5. The van der Waals surface area contributed by atoms with Crippen LogP contribution in [-0.2, 0) is 9.53 Å². The highest BCUT2D eigenvalue weighted by atomic mass is 19.3. The molecule has 1 aliphatic rings. The monoisotopic (exact) mass is 260 g/mol. The van der Waals surface area contributed by atoms with E-state index in [2.05, 4.69) is 14.2 Å². The van der Waals surface area contributed by atoms with Gasteiger partial charge in [-0.3, -0.25) is 0 Å². The van der Waals surface area contributed by atoms with Crippen LogP contribution in [0.2, 0.25) is 0 Å². The third kappa shape index (κ3) is 2.21. The summed E-state index contributed by atoms with van der Waals surface area (Å²) in [7, 11) is 0. The number of aliphatic hydroxyl groups is 1. The minimum Gasteiger partial charge on any atom is -0.464 e. The highest BCUT2D eigenvalue weighted by Gasteiger charge is 2.45. The van der Waals surface area contributed by atoms with Gasteiger partial charge in [-0.05, 0) is 13.0 Å². The van der Waals surface area contributed by atoms with E-state index in [9.17, 15) is 18.7 Å². The molecule has 1 atom stereocenters. The van der Waals surface area contributed by atoms with Crippen molar-refractivity contribution in [3.63, 3.8) is 0 Å². The van der Waals surface area contributed by atoms with Crippen molar-refractivity contribution in [1.29, 1.82) is 0 Å². The molecule has 98 valence electrons. The third-order valence-electron chi connectivity index (χ3n) is 2.26. The lowest BCUT2D eigenvalue weighted by Gasteiger charge is -2.12. The number of alkyl halides is 2. The molecule has 1 N–H and O–H groups in total. The first-order valence-corrected chi connectivity index (χ1v) is 5.18. The molecule has 1 heterocycles. The van der Waals surface area contributed by atoms with E-state index in [-0.39, 0.29) is 23.7 Å². The maximum absolute atomic E-state index is 12.9. The largest absolute Gasteiger partial charge is 0.586 e. The minimum absolute atomic E-state index is 0.0679. The van der Waals surface area contributed by atoms with Crippen molar-refractivity contribution >= 4 is 5.97 Å². The van der Waals surface area contributed by atoms with E-state index < -0.39 is 18.4 Å². The average molecular weight is 260 g/mol. The van der Waals surface area contributed by atoms with E-state index in [4.69, 9.17) is 0 Å². The molecule has 1 aliphatic heterocycles. The number of hydrogen-bond donors (Lipinski definition) is 1. The molecule has 0 radical (unpaired) electrons. The van der Waals surface area contributed by atoms with Crippen LogP contribution in [0.15, 0.2) is 18.2 Å². The predicted molar refractivity (Wildman–Crippen MR) is 54.2 cm³/mol. The topological polar surface area (TPSA) is 65.0 Å². The number of carbonyl (C=O) groups is 1. The number of carbonyl (C=O) groups excluding carboxylic acids is 1. The van der Waals surface area contributed by atoms with Gasteiger partial charge in [0.05, 0.1) is 6.61 Å². The van der Waals surface area contributed by atoms with Crippen LogP contribution in [0, 0.1) is 0 Å². The predicted octanol–water partition coefficient (Wildman–Crippen LogP) is 1.60. The summed E-state index contributed by atoms with van der Waals surface area (Å²) < 4.78 is 38.8. The molecule has 18 heavy (non-hydrogen) atoms. The molecule has 0 spiro atoms. The van der Waals surface area contributed by atoms with Gasteiger partial charge in [-0.25, -0.2) is 4.79 Å². The molecule has 2 rings (SSSR count). The number of hydrogen-bond acceptors (Lipinski definition) is 5. The summed E-state index contributed by atoms with van der Waals surface area (Å²) in [6.07, 6.45) is -5.50. The molecule has 1 aromatic carbocycles. The number of halogens is 2. The second kappa shape index (κ2) is 4.41. The van der Waals surface area contributed by atoms with Crippen LogP contribution in [0.1, 0.15) is 18.6 Å². The van der Waals surface area contributed by atoms with Crippen LogP contribution < -0.4 is 9.47 Å². The fourth-order valence-corrected chi connectivity index (χ4v) is 1.55. The Hall–Kier alpha value is -1.89. The van der Waals surface area contributed by atoms with Gasteiger partial charge in [-0.1, -0.05) is 12.1 Å². The number of benzene rings is 1. The number of para-hydroxylation sites is 1. The van der Waals surface area contributed by atoms with Crippen LogP contribution in [-0.4, -0.2) is 24.0 Å². The quantitative estimate of drug-likeness (QED) is 0.836. The Morgan fingerprint density at radius 3 is 2.89 bits per heavy atom. The van der Waals surface area contributed by atoms with E-state index in [0.717, 1.165) is 0 Å². The van der Waals surface area contributed by atoms with E-state index in [0.29, 0.717) is 0 Å². The number of ether oxygens (including phenoxy) is 3. The van der Waals surface area contributed by atoms with E-state index >= 15 is 0 Å². The van der Waals surface area contributed by atoms with E-state index in [1.807, 2.05) is 0 Å². The van der Waals surface area contributed by atoms with Crippen molar-refractivity contribution in [2.45, 2.75) is 19.3 Å². The fraction of sp³-hybridized carbons (Fsp3) is 0.364. The lowest BCUT2D eigenvalue weighted by atomic mass is 10.1. The second-order valence-electron chi connectivity index (χ2n) is 3.50. The second-order valence-corrected chi connectivity index (χ2v) is 3.50. The van der Waals surface area contributed by atoms with Gasteiger partial charge >= 0.3 is 12.3 Å². The van der Waals surface area contributed by atoms with Crippen LogP contribution in [0.3, 0.4) is 0 Å². The molecule has 7 heteroatoms. The Kier molecular flexibility index (Phi) is 3.08. The zero-order valence-electron chi connectivity index (χ0n) is 9.35. The maximum atomic E-state index is 12.9. The molecule has 0 saturated heterocycles. The number of aliphatic hydroxyl groups excluding tert-OH is 1. The third-order valence-corrected chi connectivity index (χ3v) is 2.26. The first-order chi connectivity index (χ1) is 8.44. The van der Waals surface area contributed by atoms with Crippen molar-refractivity contribution in [3.05, 3.63) is 23.8 Å². The first kappa shape index (κ1) is 12.6. The van der Waals surface area contributed by atoms with Crippen LogP contribution in [0.25, 0.3) is 0 Å². The smallest absolute Gasteiger partial charge is 0.464 e. The van der Waals surface area contributed by atoms with Gasteiger partial charge in [0, 0.05) is 5.56 Å². The summed E-state index contributed by atoms with van der Waals surface area (Å²) >= 11 is 0. The Balaban J connectivity index is 2.32. The highest BCUT2D eigenvalue weighted by molar-refractivity contribution is 5.78. The molecular weight excluding hydrogens is 250 g/mol. The van der Waals surface area contributed by atoms with Crippen molar-refractivity contribution in [1.82, 2.24) is 0 Å².